The van der Waals surface area contributed by atoms with Crippen molar-refractivity contribution in [2.24, 2.45) is 11.8 Å². The van der Waals surface area contributed by atoms with Crippen molar-refractivity contribution < 1.29 is 42.1 Å². The first-order chi connectivity index (χ1) is 23.3. The predicted octanol–water partition coefficient (Wildman–Crippen LogP) is 6.32. The quantitative estimate of drug-likeness (QED) is 0.0673. The number of nitrogens with two attached hydrogens (primary N) is 1. The molecule has 14 nitrogen and oxygen atoms in total. The molecule has 2 aliphatic carbocycles. The van der Waals surface area contributed by atoms with Gasteiger partial charge in [-0.25, -0.2) is 9.97 Å². The highest BCUT2D eigenvalue weighted by Crippen LogP contribution is 2.54. The predicted molar refractivity (Wildman–Crippen MR) is 177 cm³/mol. The molecule has 0 amide bonds. The number of methoxy groups -OCH3 is 1. The van der Waals surface area contributed by atoms with Crippen LogP contribution in [0.4, 0.5) is 5.95 Å². The molecule has 0 aliphatic heterocycles. The van der Waals surface area contributed by atoms with Crippen LogP contribution in [0.15, 0.2) is 40.5 Å². The number of imidazole rings is 1. The van der Waals surface area contributed by atoms with Crippen molar-refractivity contribution in [2.75, 3.05) is 19.2 Å². The van der Waals surface area contributed by atoms with Crippen LogP contribution < -0.4 is 10.5 Å². The van der Waals surface area contributed by atoms with E-state index in [2.05, 4.69) is 15.0 Å². The summed E-state index contributed by atoms with van der Waals surface area (Å²) in [6.07, 6.45) is 7.37. The highest BCUT2D eigenvalue weighted by atomic mass is 32.2. The number of fused-ring (bicyclic) bond motifs is 1. The van der Waals surface area contributed by atoms with Crippen molar-refractivity contribution in [2.45, 2.75) is 106 Å². The molecule has 16 heteroatoms. The molecule has 2 fully saturated rings. The van der Waals surface area contributed by atoms with E-state index in [0.717, 1.165) is 74.9 Å². The molecule has 1 aromatic carbocycles. The number of hydrogen-bond acceptors (Lipinski definition) is 14. The first-order valence-electron chi connectivity index (χ1n) is 16.4. The number of ether oxygens (including phenoxy) is 4. The van der Waals surface area contributed by atoms with E-state index in [-0.39, 0.29) is 24.3 Å². The number of carbonyl (C=O) groups excluding carboxylic acids is 2. The molecule has 0 spiro atoms. The second-order valence-electron chi connectivity index (χ2n) is 12.2. The minimum Gasteiger partial charge on any atom is -0.497 e. The first kappa shape index (κ1) is 36.1. The zero-order chi connectivity index (χ0) is 33.9. The third-order valence-electron chi connectivity index (χ3n) is 8.67. The van der Waals surface area contributed by atoms with Gasteiger partial charge >= 0.3 is 7.60 Å². The van der Waals surface area contributed by atoms with E-state index in [1.807, 2.05) is 24.3 Å². The Labute approximate surface area is 284 Å². The topological polar surface area (TPSA) is 176 Å². The Hall–Kier alpha value is -3.23. The van der Waals surface area contributed by atoms with Gasteiger partial charge in [0.15, 0.2) is 5.65 Å². The van der Waals surface area contributed by atoms with Crippen LogP contribution in [0.2, 0.25) is 0 Å². The molecule has 2 saturated carbocycles. The van der Waals surface area contributed by atoms with Crippen LogP contribution in [-0.2, 0) is 44.0 Å². The molecule has 2 aromatic heterocycles. The summed E-state index contributed by atoms with van der Waals surface area (Å²) in [7, 11) is -2.54. The number of nitrogens with zero attached hydrogens (tertiary/aromatic N) is 4. The lowest BCUT2D eigenvalue weighted by atomic mass is 9.89. The molecule has 2 N–H and O–H groups in total. The summed E-state index contributed by atoms with van der Waals surface area (Å²) in [5.74, 6) is 0.538. The lowest BCUT2D eigenvalue weighted by Crippen LogP contribution is -2.32. The molecule has 0 radical (unpaired) electrons. The van der Waals surface area contributed by atoms with Gasteiger partial charge < -0.3 is 29.2 Å². The Balaban J connectivity index is 1.32. The summed E-state index contributed by atoms with van der Waals surface area (Å²) < 4.78 is 50.3. The average molecular weight is 706 g/mol. The molecular formula is C32H44N5O9PS. The maximum atomic E-state index is 14.5. The lowest BCUT2D eigenvalue weighted by molar-refractivity contribution is -0.170. The molecular weight excluding hydrogens is 661 g/mol. The van der Waals surface area contributed by atoms with Gasteiger partial charge in [0.05, 0.1) is 26.1 Å². The Morgan fingerprint density at radius 3 is 2.06 bits per heavy atom. The van der Waals surface area contributed by atoms with E-state index < -0.39 is 32.6 Å². The number of benzene rings is 1. The van der Waals surface area contributed by atoms with Crippen LogP contribution >= 0.6 is 19.4 Å². The molecule has 48 heavy (non-hydrogen) atoms. The molecule has 3 unspecified atom stereocenters. The highest BCUT2D eigenvalue weighted by molar-refractivity contribution is 7.99. The SMILES string of the molecule is COc1ccc(Sc2nc(N)nc3c2ncn3CC(C)OCP(=O)(OC(OC=O)C2CCCCC2)OC(OC=O)C2CCCCC2)cc1. The summed E-state index contributed by atoms with van der Waals surface area (Å²) >= 11 is 1.40. The molecule has 3 aromatic rings. The van der Waals surface area contributed by atoms with Crippen molar-refractivity contribution in [3.8, 4) is 5.75 Å². The van der Waals surface area contributed by atoms with Gasteiger partial charge in [-0.3, -0.25) is 23.2 Å². The van der Waals surface area contributed by atoms with Crippen molar-refractivity contribution in [1.29, 1.82) is 0 Å². The Bertz CT molecular complexity index is 1490. The number of nitrogen functional groups attached to an aromatic ring is 1. The molecule has 262 valence electrons. The summed E-state index contributed by atoms with van der Waals surface area (Å²) in [5.41, 5.74) is 7.17. The first-order valence-corrected chi connectivity index (χ1v) is 18.9. The maximum absolute atomic E-state index is 14.5. The van der Waals surface area contributed by atoms with Crippen LogP contribution in [0.25, 0.3) is 11.2 Å². The minimum atomic E-state index is -4.15. The van der Waals surface area contributed by atoms with Crippen LogP contribution in [-0.4, -0.2) is 64.6 Å². The van der Waals surface area contributed by atoms with E-state index in [1.54, 1.807) is 24.9 Å². The average Bonchev–Trinajstić information content (AvgIpc) is 3.50. The highest BCUT2D eigenvalue weighted by Gasteiger charge is 2.40. The van der Waals surface area contributed by atoms with Gasteiger partial charge in [-0.2, -0.15) is 4.98 Å². The molecule has 2 aliphatic rings. The third-order valence-corrected chi connectivity index (χ3v) is 11.2. The summed E-state index contributed by atoms with van der Waals surface area (Å²) in [6.45, 7) is 2.67. The van der Waals surface area contributed by atoms with Crippen LogP contribution in [0, 0.1) is 11.8 Å². The summed E-state index contributed by atoms with van der Waals surface area (Å²) in [5, 5.41) is 0.592. The summed E-state index contributed by atoms with van der Waals surface area (Å²) in [4.78, 5) is 37.3. The fourth-order valence-corrected chi connectivity index (χ4v) is 8.77. The standard InChI is InChI=1S/C32H44N5O9PS/c1-22(17-37-18-34-27-28(37)35-32(33)36-29(27)48-26-15-13-25(41-2)14-16-26)44-21-47(40,45-30(42-19-38)23-9-5-3-6-10-23)46-31(43-20-39)24-11-7-4-8-12-24/h13-16,18-20,22-24,30-31H,3-12,17,21H2,1-2H3,(H2,33,35,36). The molecule has 0 saturated heterocycles. The zero-order valence-corrected chi connectivity index (χ0v) is 29.0. The van der Waals surface area contributed by atoms with E-state index in [0.29, 0.717) is 29.1 Å². The Morgan fingerprint density at radius 2 is 1.52 bits per heavy atom. The van der Waals surface area contributed by atoms with Crippen molar-refractivity contribution >= 4 is 49.4 Å². The van der Waals surface area contributed by atoms with Crippen LogP contribution in [0.1, 0.15) is 71.1 Å². The van der Waals surface area contributed by atoms with Crippen molar-refractivity contribution in [1.82, 2.24) is 19.5 Å². The zero-order valence-electron chi connectivity index (χ0n) is 27.3. The normalized spacial score (nSPS) is 19.2. The number of rotatable bonds is 18. The van der Waals surface area contributed by atoms with Gasteiger partial charge in [-0.15, -0.1) is 0 Å². The number of carbonyl (C=O) groups is 2. The molecule has 5 rings (SSSR count). The van der Waals surface area contributed by atoms with E-state index in [1.165, 1.54) is 11.8 Å². The number of anilines is 1. The van der Waals surface area contributed by atoms with E-state index in [4.69, 9.17) is 33.7 Å². The van der Waals surface area contributed by atoms with Gasteiger partial charge in [-0.1, -0.05) is 50.3 Å². The van der Waals surface area contributed by atoms with Crippen LogP contribution in [0.3, 0.4) is 0 Å². The minimum absolute atomic E-state index is 0.0907. The maximum Gasteiger partial charge on any atom is 0.362 e. The fourth-order valence-electron chi connectivity index (χ4n) is 6.21. The Morgan fingerprint density at radius 1 is 0.938 bits per heavy atom. The van der Waals surface area contributed by atoms with Gasteiger partial charge in [-0.05, 0) is 56.9 Å². The van der Waals surface area contributed by atoms with Gasteiger partial charge in [0.1, 0.15) is 22.6 Å². The van der Waals surface area contributed by atoms with E-state index >= 15 is 0 Å². The number of aromatic nitrogens is 4. The monoisotopic (exact) mass is 705 g/mol. The number of hydrogen-bond donors (Lipinski definition) is 1. The second-order valence-corrected chi connectivity index (χ2v) is 15.1. The van der Waals surface area contributed by atoms with Crippen molar-refractivity contribution in [3.05, 3.63) is 30.6 Å². The fraction of sp³-hybridized carbons (Fsp3) is 0.594. The lowest BCUT2D eigenvalue weighted by Gasteiger charge is -2.34. The van der Waals surface area contributed by atoms with Crippen LogP contribution in [0.5, 0.6) is 5.75 Å². The van der Waals surface area contributed by atoms with E-state index in [9.17, 15) is 14.2 Å². The van der Waals surface area contributed by atoms with Gasteiger partial charge in [0, 0.05) is 16.7 Å². The molecule has 3 atom stereocenters. The van der Waals surface area contributed by atoms with Crippen molar-refractivity contribution in [3.63, 3.8) is 0 Å². The summed E-state index contributed by atoms with van der Waals surface area (Å²) in [6, 6.07) is 7.55. The second kappa shape index (κ2) is 17.4. The molecule has 2 heterocycles. The largest absolute Gasteiger partial charge is 0.497 e. The van der Waals surface area contributed by atoms with Gasteiger partial charge in [0.2, 0.25) is 18.5 Å². The third kappa shape index (κ3) is 9.69. The molecule has 0 bridgehead atoms. The smallest absolute Gasteiger partial charge is 0.362 e. The Kier molecular flexibility index (Phi) is 13.1. The van der Waals surface area contributed by atoms with Gasteiger partial charge in [0.25, 0.3) is 12.9 Å².